The van der Waals surface area contributed by atoms with Crippen LogP contribution in [0.3, 0.4) is 0 Å². The molecule has 15 heavy (non-hydrogen) atoms. The molecule has 0 spiro atoms. The number of aromatic nitrogens is 1. The molecule has 0 aromatic carbocycles. The zero-order chi connectivity index (χ0) is 10.8. The van der Waals surface area contributed by atoms with Crippen molar-refractivity contribution in [2.75, 3.05) is 0 Å². The van der Waals surface area contributed by atoms with Gasteiger partial charge in [-0.15, -0.1) is 0 Å². The van der Waals surface area contributed by atoms with Crippen molar-refractivity contribution in [2.45, 2.75) is 38.7 Å². The molecule has 1 aromatic rings. The van der Waals surface area contributed by atoms with E-state index in [1.165, 1.54) is 0 Å². The van der Waals surface area contributed by atoms with E-state index in [1.807, 2.05) is 0 Å². The van der Waals surface area contributed by atoms with Crippen molar-refractivity contribution in [1.29, 1.82) is 0 Å². The lowest BCUT2D eigenvalue weighted by molar-refractivity contribution is 0.112. The molecular weight excluding hydrogens is 190 g/mol. The van der Waals surface area contributed by atoms with E-state index in [2.05, 4.69) is 18.8 Å². The molecule has 80 valence electrons. The Morgan fingerprint density at radius 3 is 2.80 bits per heavy atom. The van der Waals surface area contributed by atoms with Gasteiger partial charge in [0.2, 0.25) is 0 Å². The maximum absolute atomic E-state index is 10.6. The number of carbonyl (C=O) groups excluding carboxylic acids is 1. The number of aldehydes is 1. The molecule has 0 atom stereocenters. The zero-order valence-corrected chi connectivity index (χ0v) is 9.06. The minimum Gasteiger partial charge on any atom is -0.488 e. The number of rotatable bonds is 4. The standard InChI is InChI=1S/C12H15NO2/c1-8(2)12-11(15-10-3-4-10)5-9(7-14)6-13-12/h5-8,10H,3-4H2,1-2H3. The Labute approximate surface area is 89.5 Å². The second-order valence-corrected chi connectivity index (χ2v) is 4.24. The normalized spacial score (nSPS) is 15.4. The summed E-state index contributed by atoms with van der Waals surface area (Å²) in [7, 11) is 0. The fourth-order valence-corrected chi connectivity index (χ4v) is 1.43. The molecule has 0 saturated heterocycles. The van der Waals surface area contributed by atoms with E-state index >= 15 is 0 Å². The van der Waals surface area contributed by atoms with Gasteiger partial charge in [0.05, 0.1) is 11.8 Å². The Kier molecular flexibility index (Phi) is 2.71. The van der Waals surface area contributed by atoms with E-state index in [9.17, 15) is 4.79 Å². The highest BCUT2D eigenvalue weighted by Crippen LogP contribution is 2.31. The number of pyridine rings is 1. The number of carbonyl (C=O) groups is 1. The lowest BCUT2D eigenvalue weighted by Crippen LogP contribution is -2.04. The molecule has 1 aliphatic carbocycles. The van der Waals surface area contributed by atoms with Gasteiger partial charge in [0.25, 0.3) is 0 Å². The van der Waals surface area contributed by atoms with E-state index in [1.54, 1.807) is 12.3 Å². The third-order valence-corrected chi connectivity index (χ3v) is 2.40. The lowest BCUT2D eigenvalue weighted by atomic mass is 10.1. The van der Waals surface area contributed by atoms with Crippen molar-refractivity contribution in [3.8, 4) is 5.75 Å². The molecule has 0 aliphatic heterocycles. The first-order chi connectivity index (χ1) is 7.20. The van der Waals surface area contributed by atoms with Crippen LogP contribution in [0.5, 0.6) is 5.75 Å². The van der Waals surface area contributed by atoms with E-state index in [-0.39, 0.29) is 0 Å². The van der Waals surface area contributed by atoms with Gasteiger partial charge in [0.15, 0.2) is 6.29 Å². The molecule has 1 fully saturated rings. The monoisotopic (exact) mass is 205 g/mol. The fourth-order valence-electron chi connectivity index (χ4n) is 1.43. The fraction of sp³-hybridized carbons (Fsp3) is 0.500. The van der Waals surface area contributed by atoms with Crippen LogP contribution in [0.1, 0.15) is 48.7 Å². The van der Waals surface area contributed by atoms with E-state index in [0.29, 0.717) is 17.6 Å². The van der Waals surface area contributed by atoms with Crippen LogP contribution in [-0.4, -0.2) is 17.4 Å². The van der Waals surface area contributed by atoms with E-state index < -0.39 is 0 Å². The Morgan fingerprint density at radius 2 is 2.27 bits per heavy atom. The second kappa shape index (κ2) is 4.01. The zero-order valence-electron chi connectivity index (χ0n) is 9.06. The van der Waals surface area contributed by atoms with Crippen molar-refractivity contribution >= 4 is 6.29 Å². The summed E-state index contributed by atoms with van der Waals surface area (Å²) in [5.74, 6) is 1.09. The third kappa shape index (κ3) is 2.35. The maximum atomic E-state index is 10.6. The summed E-state index contributed by atoms with van der Waals surface area (Å²) < 4.78 is 5.74. The van der Waals surface area contributed by atoms with Crippen LogP contribution in [0.25, 0.3) is 0 Å². The van der Waals surface area contributed by atoms with Gasteiger partial charge in [0, 0.05) is 11.8 Å². The number of nitrogens with zero attached hydrogens (tertiary/aromatic N) is 1. The highest BCUT2D eigenvalue weighted by Gasteiger charge is 2.25. The Balaban J connectivity index is 2.30. The Morgan fingerprint density at radius 1 is 1.53 bits per heavy atom. The van der Waals surface area contributed by atoms with Gasteiger partial charge in [-0.25, -0.2) is 0 Å². The summed E-state index contributed by atoms with van der Waals surface area (Å²) in [6.07, 6.45) is 4.97. The van der Waals surface area contributed by atoms with Crippen LogP contribution in [0.4, 0.5) is 0 Å². The lowest BCUT2D eigenvalue weighted by Gasteiger charge is -2.12. The summed E-state index contributed by atoms with van der Waals surface area (Å²) in [6, 6.07) is 1.79. The third-order valence-electron chi connectivity index (χ3n) is 2.40. The topological polar surface area (TPSA) is 39.2 Å². The summed E-state index contributed by atoms with van der Waals surface area (Å²) in [5, 5.41) is 0. The quantitative estimate of drug-likeness (QED) is 0.709. The van der Waals surface area contributed by atoms with Crippen molar-refractivity contribution in [2.24, 2.45) is 0 Å². The number of hydrogen-bond donors (Lipinski definition) is 0. The van der Waals surface area contributed by atoms with Crippen molar-refractivity contribution in [3.63, 3.8) is 0 Å². The van der Waals surface area contributed by atoms with Crippen LogP contribution in [0.15, 0.2) is 12.3 Å². The second-order valence-electron chi connectivity index (χ2n) is 4.24. The van der Waals surface area contributed by atoms with Gasteiger partial charge in [-0.3, -0.25) is 9.78 Å². The molecule has 1 aromatic heterocycles. The van der Waals surface area contributed by atoms with Crippen LogP contribution < -0.4 is 4.74 Å². The molecule has 0 radical (unpaired) electrons. The van der Waals surface area contributed by atoms with Crippen molar-refractivity contribution in [3.05, 3.63) is 23.5 Å². The molecule has 0 N–H and O–H groups in total. The molecule has 0 bridgehead atoms. The molecule has 0 amide bonds. The largest absolute Gasteiger partial charge is 0.488 e. The molecule has 3 heteroatoms. The Bertz CT molecular complexity index is 370. The van der Waals surface area contributed by atoms with Gasteiger partial charge < -0.3 is 4.74 Å². The molecule has 3 nitrogen and oxygen atoms in total. The van der Waals surface area contributed by atoms with Gasteiger partial charge >= 0.3 is 0 Å². The summed E-state index contributed by atoms with van der Waals surface area (Å²) >= 11 is 0. The van der Waals surface area contributed by atoms with Gasteiger partial charge in [-0.05, 0) is 24.8 Å². The van der Waals surface area contributed by atoms with Crippen molar-refractivity contribution < 1.29 is 9.53 Å². The Hall–Kier alpha value is -1.38. The van der Waals surface area contributed by atoms with Crippen LogP contribution >= 0.6 is 0 Å². The minimum absolute atomic E-state index is 0.319. The molecule has 1 saturated carbocycles. The molecule has 1 aliphatic rings. The summed E-state index contributed by atoms with van der Waals surface area (Å²) in [6.45, 7) is 4.14. The predicted molar refractivity (Wildman–Crippen MR) is 57.4 cm³/mol. The smallest absolute Gasteiger partial charge is 0.151 e. The van der Waals surface area contributed by atoms with Gasteiger partial charge in [-0.2, -0.15) is 0 Å². The highest BCUT2D eigenvalue weighted by atomic mass is 16.5. The average Bonchev–Trinajstić information content (AvgIpc) is 3.01. The van der Waals surface area contributed by atoms with Crippen LogP contribution in [0, 0.1) is 0 Å². The molecule has 1 heterocycles. The van der Waals surface area contributed by atoms with Crippen molar-refractivity contribution in [1.82, 2.24) is 4.98 Å². The predicted octanol–water partition coefficient (Wildman–Crippen LogP) is 2.56. The highest BCUT2D eigenvalue weighted by molar-refractivity contribution is 5.75. The summed E-state index contributed by atoms with van der Waals surface area (Å²) in [4.78, 5) is 14.9. The van der Waals surface area contributed by atoms with E-state index in [0.717, 1.165) is 30.6 Å². The van der Waals surface area contributed by atoms with Crippen LogP contribution in [-0.2, 0) is 0 Å². The maximum Gasteiger partial charge on any atom is 0.151 e. The molecule has 2 rings (SSSR count). The molecule has 0 unspecified atom stereocenters. The number of ether oxygens (including phenoxy) is 1. The summed E-state index contributed by atoms with van der Waals surface area (Å²) in [5.41, 5.74) is 1.52. The number of hydrogen-bond acceptors (Lipinski definition) is 3. The molecular formula is C12H15NO2. The average molecular weight is 205 g/mol. The van der Waals surface area contributed by atoms with Crippen LogP contribution in [0.2, 0.25) is 0 Å². The first kappa shape index (κ1) is 10.1. The van der Waals surface area contributed by atoms with E-state index in [4.69, 9.17) is 4.74 Å². The minimum atomic E-state index is 0.319. The SMILES string of the molecule is CC(C)c1ncc(C=O)cc1OC1CC1. The van der Waals surface area contributed by atoms with Gasteiger partial charge in [0.1, 0.15) is 5.75 Å². The first-order valence-electron chi connectivity index (χ1n) is 5.32. The van der Waals surface area contributed by atoms with Gasteiger partial charge in [-0.1, -0.05) is 13.8 Å². The first-order valence-corrected chi connectivity index (χ1v) is 5.32.